The summed E-state index contributed by atoms with van der Waals surface area (Å²) in [4.78, 5) is 16.2. The number of halogens is 1. The van der Waals surface area contributed by atoms with Crippen molar-refractivity contribution in [2.75, 3.05) is 19.7 Å². The molecule has 2 unspecified atom stereocenters. The second kappa shape index (κ2) is 8.74. The standard InChI is InChI=1S/C27H29BrNO2P/c28-32(23-12-4-1-5-13-23,24-14-6-2-7-15-24,25-16-8-3-9-17-25)26-18-19-29(27(26)30)21-22-11-10-20-31-22/h1-9,12-17,22,26H,10-11,18-21H2. The predicted molar refractivity (Wildman–Crippen MR) is 138 cm³/mol. The van der Waals surface area contributed by atoms with E-state index in [9.17, 15) is 4.79 Å². The van der Waals surface area contributed by atoms with Crippen molar-refractivity contribution < 1.29 is 9.53 Å². The summed E-state index contributed by atoms with van der Waals surface area (Å²) in [6, 6.07) is 31.9. The number of likely N-dealkylation sites (tertiary alicyclic amines) is 1. The third-order valence-corrected chi connectivity index (χ3v) is 17.8. The molecule has 2 aliphatic heterocycles. The second-order valence-corrected chi connectivity index (χ2v) is 17.5. The van der Waals surface area contributed by atoms with Crippen molar-refractivity contribution in [2.24, 2.45) is 0 Å². The molecule has 32 heavy (non-hydrogen) atoms. The van der Waals surface area contributed by atoms with Crippen molar-refractivity contribution in [2.45, 2.75) is 31.0 Å². The maximum absolute atomic E-state index is 14.1. The first-order valence-electron chi connectivity index (χ1n) is 11.4. The summed E-state index contributed by atoms with van der Waals surface area (Å²) in [5.74, 6) is 0.242. The fourth-order valence-corrected chi connectivity index (χ4v) is 14.2. The quantitative estimate of drug-likeness (QED) is 0.454. The van der Waals surface area contributed by atoms with Gasteiger partial charge in [0.25, 0.3) is 0 Å². The molecular weight excluding hydrogens is 481 g/mol. The van der Waals surface area contributed by atoms with Crippen LogP contribution >= 0.6 is 20.8 Å². The van der Waals surface area contributed by atoms with Gasteiger partial charge in [-0.2, -0.15) is 0 Å². The fraction of sp³-hybridized carbons (Fsp3) is 0.296. The molecule has 2 fully saturated rings. The van der Waals surface area contributed by atoms with Crippen LogP contribution in [-0.2, 0) is 9.53 Å². The third-order valence-electron chi connectivity index (χ3n) is 7.09. The summed E-state index contributed by atoms with van der Waals surface area (Å²) in [5.41, 5.74) is -0.158. The van der Waals surface area contributed by atoms with Crippen LogP contribution in [-0.4, -0.2) is 42.3 Å². The molecule has 3 aromatic carbocycles. The summed E-state index contributed by atoms with van der Waals surface area (Å²) in [6.45, 7) is 2.29. The molecule has 0 bridgehead atoms. The van der Waals surface area contributed by atoms with Crippen LogP contribution in [0.25, 0.3) is 0 Å². The zero-order chi connectivity index (χ0) is 22.0. The predicted octanol–water partition coefficient (Wildman–Crippen LogP) is 4.61. The van der Waals surface area contributed by atoms with Crippen molar-refractivity contribution in [1.82, 2.24) is 4.90 Å². The van der Waals surface area contributed by atoms with Gasteiger partial charge in [0, 0.05) is 0 Å². The fourth-order valence-electron chi connectivity index (χ4n) is 5.53. The number of hydrogen-bond donors (Lipinski definition) is 0. The Hall–Kier alpha value is -2.00. The molecule has 3 nitrogen and oxygen atoms in total. The average molecular weight is 510 g/mol. The Morgan fingerprint density at radius 3 is 1.75 bits per heavy atom. The Morgan fingerprint density at radius 2 is 1.31 bits per heavy atom. The van der Waals surface area contributed by atoms with Crippen LogP contribution in [0.1, 0.15) is 19.3 Å². The number of ether oxygens (including phenoxy) is 1. The zero-order valence-electron chi connectivity index (χ0n) is 18.1. The number of carbonyl (C=O) groups is 1. The van der Waals surface area contributed by atoms with Gasteiger partial charge in [0.15, 0.2) is 0 Å². The van der Waals surface area contributed by atoms with E-state index in [1.165, 1.54) is 15.9 Å². The first-order chi connectivity index (χ1) is 15.6. The first-order valence-corrected chi connectivity index (χ1v) is 15.8. The monoisotopic (exact) mass is 509 g/mol. The molecule has 0 spiro atoms. The number of hydrogen-bond acceptors (Lipinski definition) is 2. The van der Waals surface area contributed by atoms with Gasteiger partial charge >= 0.3 is 199 Å². The van der Waals surface area contributed by atoms with Gasteiger partial charge in [0.1, 0.15) is 0 Å². The Morgan fingerprint density at radius 1 is 0.812 bits per heavy atom. The summed E-state index contributed by atoms with van der Waals surface area (Å²) >= 11 is 4.48. The molecule has 2 aliphatic rings. The molecule has 0 aromatic heterocycles. The molecule has 2 saturated heterocycles. The van der Waals surface area contributed by atoms with Crippen LogP contribution in [0.3, 0.4) is 0 Å². The summed E-state index contributed by atoms with van der Waals surface area (Å²) in [6.07, 6.45) is 3.13. The van der Waals surface area contributed by atoms with E-state index in [2.05, 4.69) is 93.2 Å². The van der Waals surface area contributed by atoms with E-state index in [0.29, 0.717) is 6.54 Å². The van der Waals surface area contributed by atoms with Crippen molar-refractivity contribution >= 4 is 42.6 Å². The Balaban J connectivity index is 1.71. The number of rotatable bonds is 6. The van der Waals surface area contributed by atoms with Gasteiger partial charge in [-0.1, -0.05) is 0 Å². The van der Waals surface area contributed by atoms with Gasteiger partial charge in [0.2, 0.25) is 0 Å². The Kier molecular flexibility index (Phi) is 5.96. The van der Waals surface area contributed by atoms with Crippen LogP contribution in [0.15, 0.2) is 91.0 Å². The van der Waals surface area contributed by atoms with Gasteiger partial charge in [-0.25, -0.2) is 0 Å². The van der Waals surface area contributed by atoms with Gasteiger partial charge in [-0.15, -0.1) is 0 Å². The van der Waals surface area contributed by atoms with Crippen LogP contribution in [0.2, 0.25) is 0 Å². The third kappa shape index (κ3) is 3.36. The Bertz CT molecular complexity index is 971. The van der Waals surface area contributed by atoms with E-state index in [1.807, 2.05) is 18.2 Å². The Labute approximate surface area is 198 Å². The molecule has 166 valence electrons. The molecule has 0 saturated carbocycles. The van der Waals surface area contributed by atoms with Crippen molar-refractivity contribution in [1.29, 1.82) is 0 Å². The summed E-state index contributed by atoms with van der Waals surface area (Å²) in [5, 5.41) is 0.311. The molecule has 0 aliphatic carbocycles. The number of carbonyl (C=O) groups excluding carboxylic acids is 1. The van der Waals surface area contributed by atoms with Crippen molar-refractivity contribution in [3.05, 3.63) is 91.0 Å². The number of benzene rings is 3. The van der Waals surface area contributed by atoms with Gasteiger partial charge < -0.3 is 0 Å². The normalized spacial score (nSPS) is 22.6. The summed E-state index contributed by atoms with van der Waals surface area (Å²) in [7, 11) is 0. The molecule has 0 radical (unpaired) electrons. The van der Waals surface area contributed by atoms with E-state index in [4.69, 9.17) is 4.74 Å². The minimum absolute atomic E-state index is 0.158. The van der Waals surface area contributed by atoms with Gasteiger partial charge in [0.05, 0.1) is 0 Å². The maximum atomic E-state index is 14.1. The summed E-state index contributed by atoms with van der Waals surface area (Å²) < 4.78 is 5.87. The van der Waals surface area contributed by atoms with E-state index >= 15 is 0 Å². The van der Waals surface area contributed by atoms with Gasteiger partial charge in [-0.3, -0.25) is 0 Å². The molecular formula is C27H29BrNO2P. The van der Waals surface area contributed by atoms with Gasteiger partial charge in [-0.05, 0) is 0 Å². The molecule has 2 heterocycles. The average Bonchev–Trinajstić information content (AvgIpc) is 3.51. The first kappa shape index (κ1) is 21.8. The minimum atomic E-state index is -3.30. The molecule has 0 N–H and O–H groups in total. The van der Waals surface area contributed by atoms with Crippen LogP contribution in [0.4, 0.5) is 0 Å². The van der Waals surface area contributed by atoms with Crippen molar-refractivity contribution in [3.63, 3.8) is 0 Å². The number of nitrogens with zero attached hydrogens (tertiary/aromatic N) is 1. The van der Waals surface area contributed by atoms with Crippen LogP contribution in [0.5, 0.6) is 0 Å². The van der Waals surface area contributed by atoms with E-state index in [-0.39, 0.29) is 17.7 Å². The second-order valence-electron chi connectivity index (χ2n) is 8.80. The molecule has 5 rings (SSSR count). The van der Waals surface area contributed by atoms with E-state index in [1.54, 1.807) is 0 Å². The van der Waals surface area contributed by atoms with Crippen LogP contribution in [0, 0.1) is 0 Å². The van der Waals surface area contributed by atoms with E-state index in [0.717, 1.165) is 32.4 Å². The molecule has 5 heteroatoms. The number of amides is 1. The zero-order valence-corrected chi connectivity index (χ0v) is 20.6. The van der Waals surface area contributed by atoms with Crippen LogP contribution < -0.4 is 15.9 Å². The topological polar surface area (TPSA) is 29.5 Å². The molecule has 2 atom stereocenters. The SMILES string of the molecule is O=C1C(P(Br)(c2ccccc2)(c2ccccc2)c2ccccc2)CCN1CC1CCCO1. The van der Waals surface area contributed by atoms with E-state index < -0.39 is 5.31 Å². The molecule has 3 aromatic rings. The van der Waals surface area contributed by atoms with Crippen molar-refractivity contribution in [3.8, 4) is 0 Å². The molecule has 1 amide bonds.